The number of rotatable bonds is 3. The third-order valence-electron chi connectivity index (χ3n) is 4.24. The minimum atomic E-state index is -2.56. The van der Waals surface area contributed by atoms with Crippen LogP contribution in [0.1, 0.15) is 0 Å². The second-order valence-electron chi connectivity index (χ2n) is 5.95. The highest BCUT2D eigenvalue weighted by atomic mass is 35.5. The van der Waals surface area contributed by atoms with E-state index in [0.29, 0.717) is 0 Å². The minimum Gasteiger partial charge on any atom is -0.204 e. The van der Waals surface area contributed by atoms with Gasteiger partial charge in [0.25, 0.3) is 6.71 Å². The van der Waals surface area contributed by atoms with Crippen molar-refractivity contribution in [2.24, 2.45) is 0 Å². The highest BCUT2D eigenvalue weighted by Gasteiger charge is 2.40. The van der Waals surface area contributed by atoms with Gasteiger partial charge in [-0.05, 0) is 17.6 Å². The highest BCUT2D eigenvalue weighted by molar-refractivity contribution is 6.98. The average molecular weight is 489 g/mol. The summed E-state index contributed by atoms with van der Waals surface area (Å²) >= 11 is 17.8. The summed E-state index contributed by atoms with van der Waals surface area (Å²) in [6.07, 6.45) is 0. The Morgan fingerprint density at radius 3 is 1.20 bits per heavy atom. The van der Waals surface area contributed by atoms with Crippen LogP contribution in [0.25, 0.3) is 0 Å². The van der Waals surface area contributed by atoms with Crippen molar-refractivity contribution in [2.45, 2.75) is 0 Å². The maximum atomic E-state index is 14.6. The molecule has 0 N–H and O–H groups in total. The molecule has 0 heterocycles. The fourth-order valence-corrected chi connectivity index (χ4v) is 3.68. The molecule has 3 aromatic rings. The van der Waals surface area contributed by atoms with Crippen LogP contribution >= 0.6 is 34.8 Å². The van der Waals surface area contributed by atoms with Crippen molar-refractivity contribution < 1.29 is 35.1 Å². The topological polar surface area (TPSA) is 0 Å². The molecule has 0 atom stereocenters. The van der Waals surface area contributed by atoms with Crippen LogP contribution in [0.15, 0.2) is 24.3 Å². The maximum absolute atomic E-state index is 14.6. The molecule has 0 bridgehead atoms. The van der Waals surface area contributed by atoms with Crippen molar-refractivity contribution in [3.8, 4) is 0 Å². The van der Waals surface area contributed by atoms with E-state index in [0.717, 1.165) is 12.1 Å². The van der Waals surface area contributed by atoms with E-state index >= 15 is 0 Å². The summed E-state index contributed by atoms with van der Waals surface area (Å²) < 4.78 is 114. The van der Waals surface area contributed by atoms with Crippen LogP contribution < -0.4 is 16.4 Å². The molecular weight excluding hydrogens is 485 g/mol. The average Bonchev–Trinajstić information content (AvgIpc) is 2.68. The first-order valence-electron chi connectivity index (χ1n) is 7.76. The van der Waals surface area contributed by atoms with Gasteiger partial charge in [-0.1, -0.05) is 34.8 Å². The number of halogens is 11. The molecule has 0 aliphatic heterocycles. The van der Waals surface area contributed by atoms with Gasteiger partial charge in [-0.3, -0.25) is 0 Å². The molecule has 0 saturated heterocycles. The molecular formula is C18H4BCl3F8. The van der Waals surface area contributed by atoms with E-state index in [4.69, 9.17) is 34.8 Å². The first kappa shape index (κ1) is 22.7. The first-order chi connectivity index (χ1) is 14.0. The zero-order valence-electron chi connectivity index (χ0n) is 14.0. The van der Waals surface area contributed by atoms with Gasteiger partial charge in [-0.15, -0.1) is 0 Å². The zero-order valence-corrected chi connectivity index (χ0v) is 16.3. The van der Waals surface area contributed by atoms with Crippen molar-refractivity contribution in [2.75, 3.05) is 0 Å². The molecule has 30 heavy (non-hydrogen) atoms. The van der Waals surface area contributed by atoms with Gasteiger partial charge in [0.2, 0.25) is 0 Å². The summed E-state index contributed by atoms with van der Waals surface area (Å²) in [6.45, 7) is -2.56. The summed E-state index contributed by atoms with van der Waals surface area (Å²) in [6, 6.07) is 1.77. The molecule has 3 rings (SSSR count). The van der Waals surface area contributed by atoms with Crippen LogP contribution in [0.2, 0.25) is 15.1 Å². The first-order valence-corrected chi connectivity index (χ1v) is 8.89. The van der Waals surface area contributed by atoms with Crippen molar-refractivity contribution in [3.05, 3.63) is 85.9 Å². The predicted octanol–water partition coefficient (Wildman–Crippen LogP) is 5.28. The fraction of sp³-hybridized carbons (Fsp3) is 0. The summed E-state index contributed by atoms with van der Waals surface area (Å²) in [5.41, 5.74) is -3.99. The summed E-state index contributed by atoms with van der Waals surface area (Å²) in [5, 5.41) is -1.47. The third kappa shape index (κ3) is 3.63. The summed E-state index contributed by atoms with van der Waals surface area (Å²) in [4.78, 5) is 0. The van der Waals surface area contributed by atoms with Gasteiger partial charge in [0.15, 0.2) is 46.5 Å². The normalized spacial score (nSPS) is 11.2. The van der Waals surface area contributed by atoms with Crippen LogP contribution in [0.3, 0.4) is 0 Å². The Morgan fingerprint density at radius 1 is 0.500 bits per heavy atom. The molecule has 0 aromatic heterocycles. The van der Waals surface area contributed by atoms with E-state index in [-0.39, 0.29) is 17.2 Å². The molecule has 156 valence electrons. The SMILES string of the molecule is Fc1cc(F)c(F)c(B(c2c(F)c(F)cc(F)c2F)c2c(Cl)ccc(Cl)c2Cl)c1F. The molecule has 12 heteroatoms. The van der Waals surface area contributed by atoms with Crippen LogP contribution in [0.5, 0.6) is 0 Å². The Hall–Kier alpha value is -1.97. The summed E-state index contributed by atoms with van der Waals surface area (Å²) in [7, 11) is 0. The molecule has 0 radical (unpaired) electrons. The van der Waals surface area contributed by atoms with Crippen molar-refractivity contribution in [3.63, 3.8) is 0 Å². The van der Waals surface area contributed by atoms with E-state index in [1.54, 1.807) is 0 Å². The smallest absolute Gasteiger partial charge is 0.204 e. The van der Waals surface area contributed by atoms with Crippen molar-refractivity contribution in [1.29, 1.82) is 0 Å². The number of hydrogen-bond donors (Lipinski definition) is 0. The molecule has 3 aromatic carbocycles. The second-order valence-corrected chi connectivity index (χ2v) is 7.15. The molecule has 0 spiro atoms. The monoisotopic (exact) mass is 488 g/mol. The lowest BCUT2D eigenvalue weighted by atomic mass is 9.36. The van der Waals surface area contributed by atoms with Gasteiger partial charge < -0.3 is 0 Å². The van der Waals surface area contributed by atoms with E-state index in [1.165, 1.54) is 0 Å². The largest absolute Gasteiger partial charge is 0.261 e. The van der Waals surface area contributed by atoms with Gasteiger partial charge in [0.1, 0.15) is 0 Å². The third-order valence-corrected chi connectivity index (χ3v) is 5.39. The quantitative estimate of drug-likeness (QED) is 0.267. The molecule has 0 aliphatic rings. The van der Waals surface area contributed by atoms with Gasteiger partial charge in [0.05, 0.1) is 10.0 Å². The Labute approximate surface area is 179 Å². The van der Waals surface area contributed by atoms with Gasteiger partial charge in [-0.25, -0.2) is 35.1 Å². The highest BCUT2D eigenvalue weighted by Crippen LogP contribution is 2.26. The molecule has 0 amide bonds. The van der Waals surface area contributed by atoms with Crippen LogP contribution in [0, 0.1) is 46.5 Å². The number of benzene rings is 3. The maximum Gasteiger partial charge on any atom is 0.261 e. The van der Waals surface area contributed by atoms with E-state index in [2.05, 4.69) is 0 Å². The lowest BCUT2D eigenvalue weighted by molar-refractivity contribution is 0.460. The van der Waals surface area contributed by atoms with Crippen LogP contribution in [-0.2, 0) is 0 Å². The van der Waals surface area contributed by atoms with Crippen molar-refractivity contribution in [1.82, 2.24) is 0 Å². The molecule has 0 fully saturated rings. The van der Waals surface area contributed by atoms with Gasteiger partial charge in [0, 0.05) is 28.1 Å². The minimum absolute atomic E-state index is 0.161. The van der Waals surface area contributed by atoms with Crippen molar-refractivity contribution >= 4 is 57.9 Å². The summed E-state index contributed by atoms with van der Waals surface area (Å²) in [5.74, 6) is -16.1. The lowest BCUT2D eigenvalue weighted by Gasteiger charge is -2.21. The molecule has 0 nitrogen and oxygen atoms in total. The Morgan fingerprint density at radius 2 is 0.833 bits per heavy atom. The van der Waals surface area contributed by atoms with Crippen LogP contribution in [0.4, 0.5) is 35.1 Å². The zero-order chi connectivity index (χ0) is 22.5. The fourth-order valence-electron chi connectivity index (χ4n) is 2.93. The van der Waals surface area contributed by atoms with Gasteiger partial charge >= 0.3 is 0 Å². The van der Waals surface area contributed by atoms with E-state index < -0.39 is 79.7 Å². The Balaban J connectivity index is 2.58. The Kier molecular flexibility index (Phi) is 6.27. The lowest BCUT2D eigenvalue weighted by Crippen LogP contribution is -2.58. The second kappa shape index (κ2) is 8.28. The predicted molar refractivity (Wildman–Crippen MR) is 98.7 cm³/mol. The van der Waals surface area contributed by atoms with Crippen LogP contribution in [-0.4, -0.2) is 6.71 Å². The van der Waals surface area contributed by atoms with Gasteiger partial charge in [-0.2, -0.15) is 0 Å². The molecule has 0 aliphatic carbocycles. The Bertz CT molecular complexity index is 1070. The molecule has 0 saturated carbocycles. The van der Waals surface area contributed by atoms with E-state index in [1.807, 2.05) is 0 Å². The van der Waals surface area contributed by atoms with E-state index in [9.17, 15) is 35.1 Å². The standard InChI is InChI=1S/C18H4BCl3F8/c20-5-1-2-6(21)14(22)11(5)19(12-15(27)7(23)3-8(24)16(12)28)13-17(29)9(25)4-10(26)18(13)30/h1-4H. The molecule has 0 unspecified atom stereocenters. The number of hydrogen-bond acceptors (Lipinski definition) is 0.